The van der Waals surface area contributed by atoms with Gasteiger partial charge in [-0.05, 0) is 31.2 Å². The Balaban J connectivity index is 1.67. The fourth-order valence-electron chi connectivity index (χ4n) is 2.85. The van der Waals surface area contributed by atoms with Crippen molar-refractivity contribution < 1.29 is 5.11 Å². The second-order valence-corrected chi connectivity index (χ2v) is 6.06. The average Bonchev–Trinajstić information content (AvgIpc) is 2.63. The summed E-state index contributed by atoms with van der Waals surface area (Å²) in [7, 11) is 0. The van der Waals surface area contributed by atoms with Crippen LogP contribution in [0, 0.1) is 11.3 Å². The predicted octanol–water partition coefficient (Wildman–Crippen LogP) is 2.68. The van der Waals surface area contributed by atoms with E-state index in [1.807, 2.05) is 30.3 Å². The van der Waals surface area contributed by atoms with E-state index in [0.29, 0.717) is 23.9 Å². The molecule has 6 nitrogen and oxygen atoms in total. The van der Waals surface area contributed by atoms with Crippen LogP contribution in [0.25, 0.3) is 0 Å². The third-order valence-corrected chi connectivity index (χ3v) is 4.24. The Labute approximate surface area is 141 Å². The molecule has 0 atom stereocenters. The zero-order chi connectivity index (χ0) is 16.8. The standard InChI is InChI=1S/C18H21N5O/c19-10-14-12-21-18(20-11-13-4-2-1-3-5-13)23-17(14)22-15-6-8-16(24)9-7-15/h1-5,12,15-16,24H,6-9,11H2,(H2,20,21,22,23). The number of rotatable bonds is 5. The fourth-order valence-corrected chi connectivity index (χ4v) is 2.85. The monoisotopic (exact) mass is 323 g/mol. The lowest BCUT2D eigenvalue weighted by Gasteiger charge is -2.26. The summed E-state index contributed by atoms with van der Waals surface area (Å²) in [4.78, 5) is 8.66. The smallest absolute Gasteiger partial charge is 0.224 e. The lowest BCUT2D eigenvalue weighted by Crippen LogP contribution is -2.29. The minimum Gasteiger partial charge on any atom is -0.393 e. The molecule has 1 aliphatic rings. The van der Waals surface area contributed by atoms with Crippen LogP contribution < -0.4 is 10.6 Å². The topological polar surface area (TPSA) is 93.9 Å². The predicted molar refractivity (Wildman–Crippen MR) is 92.4 cm³/mol. The molecule has 0 amide bonds. The SMILES string of the molecule is N#Cc1cnc(NCc2ccccc2)nc1NC1CCC(O)CC1. The lowest BCUT2D eigenvalue weighted by atomic mass is 9.93. The minimum atomic E-state index is -0.202. The molecule has 3 rings (SSSR count). The lowest BCUT2D eigenvalue weighted by molar-refractivity contribution is 0.126. The Bertz CT molecular complexity index is 705. The van der Waals surface area contributed by atoms with E-state index in [2.05, 4.69) is 26.7 Å². The van der Waals surface area contributed by atoms with Crippen molar-refractivity contribution >= 4 is 11.8 Å². The summed E-state index contributed by atoms with van der Waals surface area (Å²) in [5, 5.41) is 25.4. The maximum absolute atomic E-state index is 9.60. The normalized spacial score (nSPS) is 20.2. The molecule has 3 N–H and O–H groups in total. The van der Waals surface area contributed by atoms with Gasteiger partial charge in [-0.1, -0.05) is 30.3 Å². The molecule has 0 aliphatic heterocycles. The van der Waals surface area contributed by atoms with Crippen molar-refractivity contribution in [3.05, 3.63) is 47.7 Å². The van der Waals surface area contributed by atoms with Crippen LogP contribution in [0.3, 0.4) is 0 Å². The summed E-state index contributed by atoms with van der Waals surface area (Å²) in [6.45, 7) is 0.627. The Morgan fingerprint density at radius 1 is 1.17 bits per heavy atom. The van der Waals surface area contributed by atoms with Gasteiger partial charge in [-0.15, -0.1) is 0 Å². The average molecular weight is 323 g/mol. The van der Waals surface area contributed by atoms with Gasteiger partial charge < -0.3 is 15.7 Å². The number of anilines is 2. The van der Waals surface area contributed by atoms with Crippen LogP contribution in [0.1, 0.15) is 36.8 Å². The summed E-state index contributed by atoms with van der Waals surface area (Å²) < 4.78 is 0. The zero-order valence-corrected chi connectivity index (χ0v) is 13.4. The highest BCUT2D eigenvalue weighted by Crippen LogP contribution is 2.23. The molecule has 6 heteroatoms. The van der Waals surface area contributed by atoms with Crippen LogP contribution in [-0.2, 0) is 6.54 Å². The zero-order valence-electron chi connectivity index (χ0n) is 13.4. The van der Waals surface area contributed by atoms with Gasteiger partial charge in [-0.3, -0.25) is 0 Å². The Morgan fingerprint density at radius 3 is 2.62 bits per heavy atom. The highest BCUT2D eigenvalue weighted by Gasteiger charge is 2.20. The van der Waals surface area contributed by atoms with Crippen LogP contribution in [0.15, 0.2) is 36.5 Å². The van der Waals surface area contributed by atoms with E-state index in [1.165, 1.54) is 0 Å². The van der Waals surface area contributed by atoms with Crippen LogP contribution >= 0.6 is 0 Å². The van der Waals surface area contributed by atoms with Crippen molar-refractivity contribution in [2.24, 2.45) is 0 Å². The van der Waals surface area contributed by atoms with E-state index in [1.54, 1.807) is 6.20 Å². The van der Waals surface area contributed by atoms with E-state index < -0.39 is 0 Å². The summed E-state index contributed by atoms with van der Waals surface area (Å²) in [6, 6.07) is 12.4. The summed E-state index contributed by atoms with van der Waals surface area (Å²) >= 11 is 0. The molecule has 1 heterocycles. The number of hydrogen-bond donors (Lipinski definition) is 3. The molecule has 0 saturated heterocycles. The highest BCUT2D eigenvalue weighted by atomic mass is 16.3. The number of aromatic nitrogens is 2. The molecule has 124 valence electrons. The van der Waals surface area contributed by atoms with Crippen molar-refractivity contribution in [3.8, 4) is 6.07 Å². The first-order chi connectivity index (χ1) is 11.7. The van der Waals surface area contributed by atoms with Crippen molar-refractivity contribution in [1.29, 1.82) is 5.26 Å². The summed E-state index contributed by atoms with van der Waals surface area (Å²) in [5.41, 5.74) is 1.58. The number of aliphatic hydroxyl groups excluding tert-OH is 1. The van der Waals surface area contributed by atoms with E-state index >= 15 is 0 Å². The van der Waals surface area contributed by atoms with Gasteiger partial charge in [0.2, 0.25) is 5.95 Å². The van der Waals surface area contributed by atoms with Gasteiger partial charge in [-0.25, -0.2) is 4.98 Å². The van der Waals surface area contributed by atoms with E-state index in [9.17, 15) is 10.4 Å². The van der Waals surface area contributed by atoms with Crippen LogP contribution in [0.2, 0.25) is 0 Å². The number of benzene rings is 1. The summed E-state index contributed by atoms with van der Waals surface area (Å²) in [5.74, 6) is 1.06. The maximum Gasteiger partial charge on any atom is 0.224 e. The first kappa shape index (κ1) is 16.2. The van der Waals surface area contributed by atoms with E-state index in [4.69, 9.17) is 0 Å². The van der Waals surface area contributed by atoms with Gasteiger partial charge in [0.05, 0.1) is 12.3 Å². The van der Waals surface area contributed by atoms with E-state index in [-0.39, 0.29) is 12.1 Å². The van der Waals surface area contributed by atoms with Gasteiger partial charge in [0, 0.05) is 12.6 Å². The first-order valence-corrected chi connectivity index (χ1v) is 8.24. The Morgan fingerprint density at radius 2 is 1.92 bits per heavy atom. The molecule has 0 bridgehead atoms. The van der Waals surface area contributed by atoms with Crippen molar-refractivity contribution in [1.82, 2.24) is 9.97 Å². The van der Waals surface area contributed by atoms with Crippen LogP contribution in [0.4, 0.5) is 11.8 Å². The minimum absolute atomic E-state index is 0.202. The number of nitrogens with one attached hydrogen (secondary N) is 2. The summed E-state index contributed by atoms with van der Waals surface area (Å²) in [6.07, 6.45) is 4.66. The molecule has 1 aromatic carbocycles. The molecule has 0 radical (unpaired) electrons. The number of aliphatic hydroxyl groups is 1. The molecule has 0 unspecified atom stereocenters. The molecule has 1 saturated carbocycles. The highest BCUT2D eigenvalue weighted by molar-refractivity contribution is 5.54. The second kappa shape index (κ2) is 7.75. The Hall–Kier alpha value is -2.65. The molecule has 1 fully saturated rings. The third kappa shape index (κ3) is 4.21. The molecule has 2 aromatic rings. The van der Waals surface area contributed by atoms with Gasteiger partial charge in [0.15, 0.2) is 0 Å². The molecule has 1 aliphatic carbocycles. The van der Waals surface area contributed by atoms with Crippen molar-refractivity contribution in [2.75, 3.05) is 10.6 Å². The van der Waals surface area contributed by atoms with Gasteiger partial charge in [0.1, 0.15) is 17.5 Å². The Kier molecular flexibility index (Phi) is 5.24. The van der Waals surface area contributed by atoms with Crippen molar-refractivity contribution in [3.63, 3.8) is 0 Å². The third-order valence-electron chi connectivity index (χ3n) is 4.24. The molecule has 0 spiro atoms. The molecular formula is C18H21N5O. The second-order valence-electron chi connectivity index (χ2n) is 6.06. The quantitative estimate of drug-likeness (QED) is 0.783. The van der Waals surface area contributed by atoms with Gasteiger partial charge in [-0.2, -0.15) is 10.2 Å². The first-order valence-electron chi connectivity index (χ1n) is 8.24. The number of nitrogens with zero attached hydrogens (tertiary/aromatic N) is 3. The maximum atomic E-state index is 9.60. The molecule has 24 heavy (non-hydrogen) atoms. The number of hydrogen-bond acceptors (Lipinski definition) is 6. The van der Waals surface area contributed by atoms with Crippen LogP contribution in [-0.4, -0.2) is 27.2 Å². The molecule has 1 aromatic heterocycles. The van der Waals surface area contributed by atoms with Gasteiger partial charge >= 0.3 is 0 Å². The van der Waals surface area contributed by atoms with Crippen LogP contribution in [0.5, 0.6) is 0 Å². The fraction of sp³-hybridized carbons (Fsp3) is 0.389. The number of nitriles is 1. The van der Waals surface area contributed by atoms with Crippen molar-refractivity contribution in [2.45, 2.75) is 44.4 Å². The van der Waals surface area contributed by atoms with E-state index in [0.717, 1.165) is 31.2 Å². The molecular weight excluding hydrogens is 302 g/mol. The van der Waals surface area contributed by atoms with Gasteiger partial charge in [0.25, 0.3) is 0 Å². The largest absolute Gasteiger partial charge is 0.393 e.